The first-order valence-electron chi connectivity index (χ1n) is 3.24. The third-order valence-electron chi connectivity index (χ3n) is 1.54. The number of hydrogen-bond acceptors (Lipinski definition) is 0. The molecule has 0 fully saturated rings. The van der Waals surface area contributed by atoms with Gasteiger partial charge < -0.3 is 0 Å². The number of halogens is 5. The van der Waals surface area contributed by atoms with E-state index >= 15 is 0 Å². The Morgan fingerprint density at radius 3 is 1.18 bits per heavy atom. The molecule has 0 nitrogen and oxygen atoms in total. The van der Waals surface area contributed by atoms with Crippen LogP contribution in [0.5, 0.6) is 0 Å². The Kier molecular flexibility index (Phi) is 5.60. The van der Waals surface area contributed by atoms with Gasteiger partial charge in [-0.3, -0.25) is 0 Å². The van der Waals surface area contributed by atoms with Crippen LogP contribution in [0.15, 0.2) is 0 Å². The topological polar surface area (TPSA) is 0 Å². The highest BCUT2D eigenvalue weighted by molar-refractivity contribution is 14.7. The van der Waals surface area contributed by atoms with Crippen LogP contribution in [0.2, 0.25) is 0 Å². The minimum Gasteiger partial charge on any atom is -0.0643 e. The van der Waals surface area contributed by atoms with Crippen LogP contribution in [0, 0.1) is 0 Å². The molecule has 0 bridgehead atoms. The quantitative estimate of drug-likeness (QED) is 0.280. The Balaban J connectivity index is 4.81. The Hall–Kier alpha value is 4.00. The third-order valence-corrected chi connectivity index (χ3v) is 14.3. The molecule has 0 rings (SSSR count). The lowest BCUT2D eigenvalue weighted by Crippen LogP contribution is -2.15. The van der Waals surface area contributed by atoms with E-state index in [0.29, 0.717) is 0 Å². The molecule has 0 N–H and O–H groups in total. The first kappa shape index (κ1) is 15.0. The van der Waals surface area contributed by atoms with Crippen molar-refractivity contribution in [2.45, 2.75) is 31.9 Å². The highest BCUT2D eigenvalue weighted by atomic mass is 127. The molecule has 0 aliphatic rings. The second kappa shape index (κ2) is 4.11. The van der Waals surface area contributed by atoms with Crippen LogP contribution >= 0.6 is 100 Å². The minimum absolute atomic E-state index is 0.845. The molecule has 0 radical (unpaired) electrons. The van der Waals surface area contributed by atoms with Crippen LogP contribution < -0.4 is 0 Å². The summed E-state index contributed by atoms with van der Waals surface area (Å²) in [6, 6.07) is 0. The zero-order chi connectivity index (χ0) is 9.40. The molecule has 0 aliphatic carbocycles. The lowest BCUT2D eigenvalue weighted by Gasteiger charge is -2.59. The van der Waals surface area contributed by atoms with Gasteiger partial charge in [0.05, 0.1) is 0 Å². The van der Waals surface area contributed by atoms with Gasteiger partial charge in [-0.1, -0.05) is 8.00 Å². The van der Waals surface area contributed by atoms with E-state index in [4.69, 9.17) is 0 Å². The molecule has 0 atom stereocenters. The molecular weight excluding hydrogens is 727 g/mol. The van der Waals surface area contributed by atoms with Gasteiger partial charge in [-0.2, -0.15) is 0 Å². The fraction of sp³-hybridized carbons (Fsp3) is 1.00. The Morgan fingerprint density at radius 1 is 0.909 bits per heavy atom. The van der Waals surface area contributed by atoms with Gasteiger partial charge in [-0.15, -0.1) is 0 Å². The van der Waals surface area contributed by atoms with Crippen LogP contribution in [0.25, 0.3) is 0 Å². The molecule has 0 saturated carbocycles. The first-order valence-corrected chi connectivity index (χ1v) is 18.5. The van der Waals surface area contributed by atoms with Crippen molar-refractivity contribution in [3.8, 4) is 0 Å². The molecule has 6 heteroatoms. The van der Waals surface area contributed by atoms with Gasteiger partial charge in [-0.05, 0) is 119 Å². The van der Waals surface area contributed by atoms with Gasteiger partial charge in [-0.25, -0.2) is 0 Å². The van der Waals surface area contributed by atoms with E-state index in [9.17, 15) is 0 Å². The zero-order valence-electron chi connectivity index (χ0n) is 6.29. The average molecular weight is 738 g/mol. The zero-order valence-corrected chi connectivity index (χ0v) is 17.9. The van der Waals surface area contributed by atoms with Crippen LogP contribution in [0.1, 0.15) is 26.7 Å². The molecule has 11 heavy (non-hydrogen) atoms. The summed E-state index contributed by atoms with van der Waals surface area (Å²) in [7, 11) is 0. The summed E-state index contributed by atoms with van der Waals surface area (Å²) in [6.07, 6.45) is 2.58. The van der Waals surface area contributed by atoms with Gasteiger partial charge in [0.15, 0.2) is 0 Å². The standard InChI is InChI=1S/C5H11I5S/c1-3-5(4-2)11(6,7,8,9)10/h5H,3-4H2,1-2H3. The second-order valence-corrected chi connectivity index (χ2v) is 89.8. The van der Waals surface area contributed by atoms with Crippen molar-refractivity contribution >= 4 is 100 Å². The summed E-state index contributed by atoms with van der Waals surface area (Å²) in [4.78, 5) is 0. The van der Waals surface area contributed by atoms with Crippen LogP contribution in [-0.2, 0) is 0 Å². The maximum absolute atomic E-state index is 2.67. The van der Waals surface area contributed by atoms with Gasteiger partial charge in [0, 0.05) is 5.25 Å². The molecule has 0 heterocycles. The third kappa shape index (κ3) is 6.22. The molecule has 0 aliphatic heterocycles. The highest BCUT2D eigenvalue weighted by Crippen LogP contribution is 3.20. The fourth-order valence-electron chi connectivity index (χ4n) is 0.919. The van der Waals surface area contributed by atoms with E-state index in [2.05, 4.69) is 120 Å². The molecule has 72 valence electrons. The summed E-state index contributed by atoms with van der Waals surface area (Å²) in [6.45, 7) is 4.59. The predicted molar refractivity (Wildman–Crippen MR) is 102 cm³/mol. The van der Waals surface area contributed by atoms with Crippen molar-refractivity contribution in [2.24, 2.45) is 0 Å². The normalized spacial score (nSPS) is 19.6. The van der Waals surface area contributed by atoms with Gasteiger partial charge in [0.1, 0.15) is 0 Å². The number of rotatable bonds is 3. The van der Waals surface area contributed by atoms with E-state index in [-0.39, 0.29) is 0 Å². The van der Waals surface area contributed by atoms with E-state index in [0.717, 1.165) is 5.25 Å². The highest BCUT2D eigenvalue weighted by Gasteiger charge is 2.54. The molecule has 0 spiro atoms. The molecule has 0 aromatic rings. The monoisotopic (exact) mass is 738 g/mol. The van der Waals surface area contributed by atoms with Crippen LogP contribution in [0.4, 0.5) is 0 Å². The Morgan fingerprint density at radius 2 is 1.18 bits per heavy atom. The van der Waals surface area contributed by atoms with Crippen LogP contribution in [-0.4, -0.2) is 5.25 Å². The Bertz CT molecular complexity index is 139. The van der Waals surface area contributed by atoms with Crippen LogP contribution in [0.3, 0.4) is 0 Å². The van der Waals surface area contributed by atoms with Crippen molar-refractivity contribution in [3.63, 3.8) is 0 Å². The molecule has 0 aromatic carbocycles. The van der Waals surface area contributed by atoms with Gasteiger partial charge in [0.25, 0.3) is 0 Å². The molecule has 0 aromatic heterocycles. The average Bonchev–Trinajstić information content (AvgIpc) is 1.60. The maximum atomic E-state index is 2.67. The Labute approximate surface area is 129 Å². The predicted octanol–water partition coefficient (Wildman–Crippen LogP) is 6.80. The van der Waals surface area contributed by atoms with Crippen molar-refractivity contribution in [1.82, 2.24) is 0 Å². The summed E-state index contributed by atoms with van der Waals surface area (Å²) in [5.41, 5.74) is 0. The number of hydrogen-bond donors (Lipinski definition) is 0. The van der Waals surface area contributed by atoms with E-state index in [1.54, 1.807) is 0 Å². The maximum Gasteiger partial charge on any atom is 0.0139 e. The molecule has 0 unspecified atom stereocenters. The van der Waals surface area contributed by atoms with E-state index in [1.807, 2.05) is 0 Å². The van der Waals surface area contributed by atoms with Gasteiger partial charge >= 0.3 is 0 Å². The first-order chi connectivity index (χ1) is 4.51. The smallest absolute Gasteiger partial charge is 0.0139 e. The lowest BCUT2D eigenvalue weighted by atomic mass is 10.3. The van der Waals surface area contributed by atoms with E-state index in [1.165, 1.54) is 12.8 Å². The molecule has 0 amide bonds. The summed E-state index contributed by atoms with van der Waals surface area (Å²) < 4.78 is -1.83. The lowest BCUT2D eigenvalue weighted by molar-refractivity contribution is 0.795. The van der Waals surface area contributed by atoms with Crippen molar-refractivity contribution in [1.29, 1.82) is 0 Å². The summed E-state index contributed by atoms with van der Waals surface area (Å²) in [5.74, 6) is 0. The summed E-state index contributed by atoms with van der Waals surface area (Å²) in [5, 5.41) is 0.845. The van der Waals surface area contributed by atoms with E-state index < -0.39 is -5.85 Å². The van der Waals surface area contributed by atoms with Crippen molar-refractivity contribution < 1.29 is 0 Å². The second-order valence-electron chi connectivity index (χ2n) is 2.47. The molecular formula is C5H11I5S. The van der Waals surface area contributed by atoms with Gasteiger partial charge in [0.2, 0.25) is 0 Å². The minimum atomic E-state index is -1.83. The SMILES string of the molecule is CCC(CC)S(I)(I)(I)(I)I. The van der Waals surface area contributed by atoms with Crippen molar-refractivity contribution in [3.05, 3.63) is 0 Å². The largest absolute Gasteiger partial charge is 0.0643 e. The molecule has 0 saturated heterocycles. The van der Waals surface area contributed by atoms with Crippen molar-refractivity contribution in [2.75, 3.05) is 0 Å². The fourth-order valence-corrected chi connectivity index (χ4v) is 13.0. The summed E-state index contributed by atoms with van der Waals surface area (Å²) >= 11 is 13.4.